The van der Waals surface area contributed by atoms with Crippen LogP contribution >= 0.6 is 0 Å². The Labute approximate surface area is 150 Å². The van der Waals surface area contributed by atoms with Gasteiger partial charge in [0.1, 0.15) is 5.78 Å². The van der Waals surface area contributed by atoms with Gasteiger partial charge in [-0.15, -0.1) is 0 Å². The van der Waals surface area contributed by atoms with E-state index >= 15 is 0 Å². The summed E-state index contributed by atoms with van der Waals surface area (Å²) in [6.07, 6.45) is 14.3. The molecule has 0 heterocycles. The number of fused-ring (bicyclic) bond motifs is 1. The lowest BCUT2D eigenvalue weighted by molar-refractivity contribution is -0.116. The summed E-state index contributed by atoms with van der Waals surface area (Å²) in [6, 6.07) is 0. The Kier molecular flexibility index (Phi) is 6.15. The molecule has 136 valence electrons. The van der Waals surface area contributed by atoms with Crippen molar-refractivity contribution in [3.05, 3.63) is 23.3 Å². The van der Waals surface area contributed by atoms with Gasteiger partial charge in [0.15, 0.2) is 0 Å². The smallest absolute Gasteiger partial charge is 0.130 e. The molecule has 0 aliphatic heterocycles. The Bertz CT molecular complexity index is 522. The molecule has 0 unspecified atom stereocenters. The second-order valence-corrected chi connectivity index (χ2v) is 9.47. The molecule has 0 aromatic rings. The molecular formula is C23H38O. The summed E-state index contributed by atoms with van der Waals surface area (Å²) in [5.74, 6) is 1.85. The van der Waals surface area contributed by atoms with Crippen LogP contribution in [0.1, 0.15) is 92.9 Å². The van der Waals surface area contributed by atoms with E-state index in [4.69, 9.17) is 0 Å². The van der Waals surface area contributed by atoms with Crippen LogP contribution in [0.5, 0.6) is 0 Å². The quantitative estimate of drug-likeness (QED) is 0.485. The van der Waals surface area contributed by atoms with E-state index < -0.39 is 0 Å². The molecule has 3 atom stereocenters. The normalized spacial score (nSPS) is 32.9. The van der Waals surface area contributed by atoms with Crippen molar-refractivity contribution in [2.24, 2.45) is 22.7 Å². The van der Waals surface area contributed by atoms with Crippen LogP contribution in [0, 0.1) is 22.7 Å². The van der Waals surface area contributed by atoms with E-state index in [1.807, 2.05) is 0 Å². The zero-order valence-corrected chi connectivity index (χ0v) is 16.9. The largest absolute Gasteiger partial charge is 0.300 e. The molecule has 0 aromatic carbocycles. The van der Waals surface area contributed by atoms with Gasteiger partial charge < -0.3 is 4.79 Å². The van der Waals surface area contributed by atoms with Crippen LogP contribution in [0.2, 0.25) is 0 Å². The van der Waals surface area contributed by atoms with Crippen molar-refractivity contribution in [1.29, 1.82) is 0 Å². The van der Waals surface area contributed by atoms with Crippen molar-refractivity contribution >= 4 is 5.78 Å². The van der Waals surface area contributed by atoms with Gasteiger partial charge in [0, 0.05) is 6.42 Å². The molecule has 24 heavy (non-hydrogen) atoms. The third-order valence-corrected chi connectivity index (χ3v) is 7.11. The molecular weight excluding hydrogens is 292 g/mol. The predicted octanol–water partition coefficient (Wildman–Crippen LogP) is 6.88. The van der Waals surface area contributed by atoms with E-state index in [1.165, 1.54) is 44.1 Å². The van der Waals surface area contributed by atoms with Crippen molar-refractivity contribution in [3.63, 3.8) is 0 Å². The number of hydrogen-bond donors (Lipinski definition) is 0. The van der Waals surface area contributed by atoms with Crippen molar-refractivity contribution < 1.29 is 4.79 Å². The van der Waals surface area contributed by atoms with E-state index in [1.54, 1.807) is 12.5 Å². The number of Topliss-reactive ketones (excluding diaryl/α,β-unsaturated/α-hetero) is 1. The van der Waals surface area contributed by atoms with Gasteiger partial charge in [-0.05, 0) is 82.0 Å². The third-order valence-electron chi connectivity index (χ3n) is 7.11. The van der Waals surface area contributed by atoms with Crippen LogP contribution in [-0.4, -0.2) is 5.78 Å². The lowest BCUT2D eigenvalue weighted by Gasteiger charge is -2.57. The fourth-order valence-electron chi connectivity index (χ4n) is 5.69. The summed E-state index contributed by atoms with van der Waals surface area (Å²) in [6.45, 7) is 13.9. The first-order valence-electron chi connectivity index (χ1n) is 9.98. The SMILES string of the molecule is CC(=O)CC/C=C(\C)CC[C@@H]1C(C)=CC[C@H]2C(C)(C)CCC[C@@]12C. The molecule has 1 fully saturated rings. The maximum atomic E-state index is 11.1. The summed E-state index contributed by atoms with van der Waals surface area (Å²) in [4.78, 5) is 11.1. The van der Waals surface area contributed by atoms with Gasteiger partial charge in [0.25, 0.3) is 0 Å². The highest BCUT2D eigenvalue weighted by atomic mass is 16.1. The Morgan fingerprint density at radius 1 is 1.21 bits per heavy atom. The molecule has 0 aromatic heterocycles. The van der Waals surface area contributed by atoms with Gasteiger partial charge in [-0.3, -0.25) is 0 Å². The lowest BCUT2D eigenvalue weighted by Crippen LogP contribution is -2.48. The molecule has 2 aliphatic carbocycles. The van der Waals surface area contributed by atoms with Gasteiger partial charge in [-0.25, -0.2) is 0 Å². The van der Waals surface area contributed by atoms with Gasteiger partial charge in [-0.2, -0.15) is 0 Å². The van der Waals surface area contributed by atoms with Crippen LogP contribution in [0.4, 0.5) is 0 Å². The summed E-state index contributed by atoms with van der Waals surface area (Å²) >= 11 is 0. The van der Waals surface area contributed by atoms with Gasteiger partial charge in [0.2, 0.25) is 0 Å². The molecule has 0 radical (unpaired) electrons. The Hall–Kier alpha value is -0.850. The molecule has 0 N–H and O–H groups in total. The van der Waals surface area contributed by atoms with Crippen LogP contribution in [-0.2, 0) is 4.79 Å². The van der Waals surface area contributed by atoms with E-state index in [9.17, 15) is 4.79 Å². The molecule has 0 amide bonds. The Balaban J connectivity index is 2.06. The maximum Gasteiger partial charge on any atom is 0.130 e. The van der Waals surface area contributed by atoms with Crippen molar-refractivity contribution in [3.8, 4) is 0 Å². The lowest BCUT2D eigenvalue weighted by atomic mass is 9.48. The molecule has 1 nitrogen and oxygen atoms in total. The zero-order valence-electron chi connectivity index (χ0n) is 16.9. The molecule has 2 aliphatic rings. The molecule has 0 saturated heterocycles. The van der Waals surface area contributed by atoms with E-state index in [0.717, 1.165) is 18.3 Å². The molecule has 1 saturated carbocycles. The first kappa shape index (κ1) is 19.5. The first-order chi connectivity index (χ1) is 11.2. The summed E-state index contributed by atoms with van der Waals surface area (Å²) in [5, 5.41) is 0. The molecule has 0 bridgehead atoms. The number of carbonyl (C=O) groups excluding carboxylic acids is 1. The van der Waals surface area contributed by atoms with Gasteiger partial charge >= 0.3 is 0 Å². The van der Waals surface area contributed by atoms with Crippen LogP contribution < -0.4 is 0 Å². The minimum absolute atomic E-state index is 0.296. The van der Waals surface area contributed by atoms with E-state index in [0.29, 0.717) is 23.0 Å². The summed E-state index contributed by atoms with van der Waals surface area (Å²) < 4.78 is 0. The van der Waals surface area contributed by atoms with E-state index in [-0.39, 0.29) is 0 Å². The minimum Gasteiger partial charge on any atom is -0.300 e. The number of allylic oxidation sites excluding steroid dienone is 4. The topological polar surface area (TPSA) is 17.1 Å². The number of ketones is 1. The fourth-order valence-corrected chi connectivity index (χ4v) is 5.69. The van der Waals surface area contributed by atoms with Crippen molar-refractivity contribution in [2.75, 3.05) is 0 Å². The van der Waals surface area contributed by atoms with Crippen LogP contribution in [0.3, 0.4) is 0 Å². The Morgan fingerprint density at radius 3 is 2.58 bits per heavy atom. The standard InChI is InChI=1S/C23H38O/c1-17(9-7-10-19(3)24)11-13-20-18(2)12-14-21-22(4,5)15-8-16-23(20,21)6/h9,12,20-21H,7-8,10-11,13-16H2,1-6H3/b17-9+/t20-,21+,23+/m1/s1. The maximum absolute atomic E-state index is 11.1. The summed E-state index contributed by atoms with van der Waals surface area (Å²) in [7, 11) is 0. The van der Waals surface area contributed by atoms with E-state index in [2.05, 4.69) is 46.8 Å². The second kappa shape index (κ2) is 7.58. The van der Waals surface area contributed by atoms with Gasteiger partial charge in [0.05, 0.1) is 0 Å². The number of hydrogen-bond acceptors (Lipinski definition) is 1. The van der Waals surface area contributed by atoms with Crippen LogP contribution in [0.25, 0.3) is 0 Å². The molecule has 2 rings (SSSR count). The highest BCUT2D eigenvalue weighted by Crippen LogP contribution is 2.60. The molecule has 1 heteroatoms. The first-order valence-corrected chi connectivity index (χ1v) is 9.98. The number of carbonyl (C=O) groups is 1. The summed E-state index contributed by atoms with van der Waals surface area (Å²) in [5.41, 5.74) is 4.04. The highest BCUT2D eigenvalue weighted by molar-refractivity contribution is 5.75. The van der Waals surface area contributed by atoms with Gasteiger partial charge in [-0.1, -0.05) is 50.5 Å². The van der Waals surface area contributed by atoms with Crippen LogP contribution in [0.15, 0.2) is 23.3 Å². The Morgan fingerprint density at radius 2 is 1.92 bits per heavy atom. The average molecular weight is 331 g/mol. The third kappa shape index (κ3) is 4.21. The highest BCUT2D eigenvalue weighted by Gasteiger charge is 2.51. The van der Waals surface area contributed by atoms with Crippen molar-refractivity contribution in [1.82, 2.24) is 0 Å². The fraction of sp³-hybridized carbons (Fsp3) is 0.783. The monoisotopic (exact) mass is 330 g/mol. The van der Waals surface area contributed by atoms with Crippen molar-refractivity contribution in [2.45, 2.75) is 92.9 Å². The minimum atomic E-state index is 0.296. The predicted molar refractivity (Wildman–Crippen MR) is 104 cm³/mol. The molecule has 0 spiro atoms. The zero-order chi connectivity index (χ0) is 18.0. The average Bonchev–Trinajstić information content (AvgIpc) is 2.45. The number of rotatable bonds is 6. The second-order valence-electron chi connectivity index (χ2n) is 9.47.